The minimum Gasteiger partial charge on any atom is -0.481 e. The highest BCUT2D eigenvalue weighted by Crippen LogP contribution is 2.56. The minimum absolute atomic E-state index is 0.0705. The van der Waals surface area contributed by atoms with Crippen molar-refractivity contribution in [2.45, 2.75) is 49.1 Å². The van der Waals surface area contributed by atoms with Crippen LogP contribution >= 0.6 is 0 Å². The van der Waals surface area contributed by atoms with Gasteiger partial charge in [-0.15, -0.1) is 0 Å². The van der Waals surface area contributed by atoms with Crippen molar-refractivity contribution in [2.24, 2.45) is 5.92 Å². The number of aliphatic carboxylic acids is 1. The Balaban J connectivity index is 2.15. The smallest absolute Gasteiger partial charge is 0.430 e. The van der Waals surface area contributed by atoms with Crippen molar-refractivity contribution in [3.8, 4) is 0 Å². The largest absolute Gasteiger partial charge is 0.481 e. The molecule has 0 spiro atoms. The van der Waals surface area contributed by atoms with Crippen molar-refractivity contribution in [3.05, 3.63) is 107 Å². The van der Waals surface area contributed by atoms with Crippen LogP contribution in [-0.2, 0) is 36.3 Å². The Morgan fingerprint density at radius 2 is 1.57 bits per heavy atom. The van der Waals surface area contributed by atoms with Gasteiger partial charge in [0, 0.05) is 5.56 Å². The number of hydrogen-bond acceptors (Lipinski definition) is 4. The zero-order valence-corrected chi connectivity index (χ0v) is 22.0. The average Bonchev–Trinajstić information content (AvgIpc) is 2.83. The van der Waals surface area contributed by atoms with Crippen molar-refractivity contribution >= 4 is 15.8 Å². The molecular formula is C28H26F6O5S. The van der Waals surface area contributed by atoms with E-state index in [1.165, 1.54) is 48.6 Å². The summed E-state index contributed by atoms with van der Waals surface area (Å²) in [5.74, 6) is -2.36. The van der Waals surface area contributed by atoms with Gasteiger partial charge in [-0.3, -0.25) is 4.79 Å². The normalized spacial score (nSPS) is 20.8. The van der Waals surface area contributed by atoms with Gasteiger partial charge in [-0.2, -0.15) is 26.3 Å². The first-order chi connectivity index (χ1) is 18.6. The van der Waals surface area contributed by atoms with Crippen LogP contribution < -0.4 is 0 Å². The van der Waals surface area contributed by atoms with E-state index in [1.807, 2.05) is 0 Å². The summed E-state index contributed by atoms with van der Waals surface area (Å²) in [6.45, 7) is 4.09. The molecule has 1 aliphatic carbocycles. The molecule has 1 aliphatic rings. The van der Waals surface area contributed by atoms with Gasteiger partial charge in [-0.25, -0.2) is 8.42 Å². The molecular weight excluding hydrogens is 562 g/mol. The lowest BCUT2D eigenvalue weighted by atomic mass is 9.70. The zero-order valence-electron chi connectivity index (χ0n) is 21.2. The second-order valence-corrected chi connectivity index (χ2v) is 11.5. The number of carboxylic acid groups (broad SMARTS) is 1. The molecule has 2 aromatic rings. The molecule has 2 aromatic carbocycles. The fraction of sp³-hybridized carbons (Fsp3) is 0.321. The van der Waals surface area contributed by atoms with Crippen LogP contribution in [0.4, 0.5) is 26.3 Å². The van der Waals surface area contributed by atoms with Crippen LogP contribution in [0.2, 0.25) is 0 Å². The Morgan fingerprint density at radius 1 is 1.02 bits per heavy atom. The van der Waals surface area contributed by atoms with Crippen LogP contribution in [-0.4, -0.2) is 31.8 Å². The Bertz CT molecular complexity index is 1370. The standard InChI is InChI=1S/C28H26F6O5S/c1-3-5-11-23(4-2)40(37,38)25(16-20(17-25)24(35)36)21-12-14-22(15-13-21)26(27(29,30)31,28(32,33)34)39-18-19-9-7-6-8-10-19/h3-15,20H,2,16-18H2,1H3,(H,35,36)/b5-3-,23-11+. The molecule has 0 atom stereocenters. The molecule has 0 aliphatic heterocycles. The molecule has 5 nitrogen and oxygen atoms in total. The Hall–Kier alpha value is -3.38. The van der Waals surface area contributed by atoms with Gasteiger partial charge in [0.2, 0.25) is 0 Å². The highest BCUT2D eigenvalue weighted by molar-refractivity contribution is 7.96. The maximum Gasteiger partial charge on any atom is 0.430 e. The van der Waals surface area contributed by atoms with E-state index >= 15 is 0 Å². The zero-order chi connectivity index (χ0) is 30.0. The van der Waals surface area contributed by atoms with Crippen LogP contribution in [0.15, 0.2) is 90.4 Å². The van der Waals surface area contributed by atoms with Crippen LogP contribution in [0.5, 0.6) is 0 Å². The summed E-state index contributed by atoms with van der Waals surface area (Å²) in [5.41, 5.74) is -6.10. The number of carbonyl (C=O) groups is 1. The number of rotatable bonds is 10. The van der Waals surface area contributed by atoms with Gasteiger partial charge in [0.1, 0.15) is 4.75 Å². The Kier molecular flexibility index (Phi) is 8.76. The number of ether oxygens (including phenoxy) is 1. The van der Waals surface area contributed by atoms with Crippen LogP contribution in [0, 0.1) is 5.92 Å². The van der Waals surface area contributed by atoms with Gasteiger partial charge >= 0.3 is 18.3 Å². The van der Waals surface area contributed by atoms with E-state index < -0.39 is 69.4 Å². The van der Waals surface area contributed by atoms with Gasteiger partial charge in [-0.05, 0) is 37.0 Å². The maximum absolute atomic E-state index is 14.2. The van der Waals surface area contributed by atoms with Gasteiger partial charge in [0.25, 0.3) is 5.60 Å². The third kappa shape index (κ3) is 5.34. The molecule has 216 valence electrons. The molecule has 3 rings (SSSR count). The predicted octanol–water partition coefficient (Wildman–Crippen LogP) is 6.97. The summed E-state index contributed by atoms with van der Waals surface area (Å²) in [6.07, 6.45) is -7.55. The van der Waals surface area contributed by atoms with E-state index in [9.17, 15) is 44.7 Å². The Morgan fingerprint density at radius 3 is 2.02 bits per heavy atom. The molecule has 1 fully saturated rings. The van der Waals surface area contributed by atoms with E-state index in [0.717, 1.165) is 18.2 Å². The molecule has 0 heterocycles. The number of sulfone groups is 1. The number of hydrogen-bond donors (Lipinski definition) is 1. The number of benzene rings is 2. The number of carboxylic acids is 1. The molecule has 1 N–H and O–H groups in total. The van der Waals surface area contributed by atoms with Crippen molar-refractivity contribution in [1.82, 2.24) is 0 Å². The molecule has 0 unspecified atom stereocenters. The molecule has 0 saturated heterocycles. The highest BCUT2D eigenvalue weighted by Gasteiger charge is 2.73. The molecule has 12 heteroatoms. The van der Waals surface area contributed by atoms with Gasteiger partial charge in [0.15, 0.2) is 9.84 Å². The summed E-state index contributed by atoms with van der Waals surface area (Å²) in [4.78, 5) is 11.3. The fourth-order valence-electron chi connectivity index (χ4n) is 4.71. The minimum atomic E-state index is -5.94. The summed E-state index contributed by atoms with van der Waals surface area (Å²) < 4.78 is 115. The summed E-state index contributed by atoms with van der Waals surface area (Å²) >= 11 is 0. The van der Waals surface area contributed by atoms with E-state index in [2.05, 4.69) is 11.3 Å². The van der Waals surface area contributed by atoms with E-state index in [4.69, 9.17) is 0 Å². The first-order valence-corrected chi connectivity index (χ1v) is 13.4. The van der Waals surface area contributed by atoms with Gasteiger partial charge < -0.3 is 9.84 Å². The van der Waals surface area contributed by atoms with Crippen LogP contribution in [0.1, 0.15) is 36.5 Å². The number of alkyl halides is 6. The average molecular weight is 589 g/mol. The fourth-order valence-corrected chi connectivity index (χ4v) is 6.93. The third-order valence-electron chi connectivity index (χ3n) is 6.89. The van der Waals surface area contributed by atoms with Crippen molar-refractivity contribution in [2.75, 3.05) is 0 Å². The first-order valence-electron chi connectivity index (χ1n) is 11.9. The summed E-state index contributed by atoms with van der Waals surface area (Å²) in [7, 11) is -4.37. The molecule has 1 saturated carbocycles. The Labute approximate surface area is 227 Å². The summed E-state index contributed by atoms with van der Waals surface area (Å²) in [5, 5.41) is 9.39. The predicted molar refractivity (Wildman–Crippen MR) is 136 cm³/mol. The second-order valence-electron chi connectivity index (χ2n) is 9.27. The van der Waals surface area contributed by atoms with Crippen molar-refractivity contribution < 1.29 is 49.4 Å². The first kappa shape index (κ1) is 31.2. The topological polar surface area (TPSA) is 80.7 Å². The highest BCUT2D eigenvalue weighted by atomic mass is 32.2. The van der Waals surface area contributed by atoms with Crippen LogP contribution in [0.3, 0.4) is 0 Å². The lowest BCUT2D eigenvalue weighted by molar-refractivity contribution is -0.392. The molecule has 40 heavy (non-hydrogen) atoms. The third-order valence-corrected chi connectivity index (χ3v) is 9.42. The molecule has 0 amide bonds. The SMILES string of the molecule is C=C/C(=C\C=C/C)S(=O)(=O)C1(c2ccc(C(OCc3ccccc3)(C(F)(F)F)C(F)(F)F)cc2)CC(C(=O)O)C1. The lowest BCUT2D eigenvalue weighted by Crippen LogP contribution is -2.56. The van der Waals surface area contributed by atoms with Crippen molar-refractivity contribution in [1.29, 1.82) is 0 Å². The van der Waals surface area contributed by atoms with E-state index in [-0.39, 0.29) is 16.0 Å². The van der Waals surface area contributed by atoms with E-state index in [1.54, 1.807) is 6.92 Å². The molecule has 0 bridgehead atoms. The number of halogens is 6. The van der Waals surface area contributed by atoms with Gasteiger partial charge in [-0.1, -0.05) is 79.4 Å². The quantitative estimate of drug-likeness (QED) is 0.240. The van der Waals surface area contributed by atoms with E-state index in [0.29, 0.717) is 12.1 Å². The lowest BCUT2D eigenvalue weighted by Gasteiger charge is -2.46. The van der Waals surface area contributed by atoms with Crippen molar-refractivity contribution in [3.63, 3.8) is 0 Å². The van der Waals surface area contributed by atoms with Crippen LogP contribution in [0.25, 0.3) is 0 Å². The number of allylic oxidation sites excluding steroid dienone is 4. The molecule has 0 aromatic heterocycles. The van der Waals surface area contributed by atoms with Gasteiger partial charge in [0.05, 0.1) is 17.4 Å². The maximum atomic E-state index is 14.2. The summed E-state index contributed by atoms with van der Waals surface area (Å²) in [6, 6.07) is 9.76. The second kappa shape index (κ2) is 11.2. The molecule has 0 radical (unpaired) electrons. The monoisotopic (exact) mass is 588 g/mol.